The van der Waals surface area contributed by atoms with E-state index in [4.69, 9.17) is 9.47 Å². The maximum atomic E-state index is 13.6. The van der Waals surface area contributed by atoms with Crippen LogP contribution < -0.4 is 0 Å². The predicted octanol–water partition coefficient (Wildman–Crippen LogP) is 4.21. The molecule has 5 nitrogen and oxygen atoms in total. The summed E-state index contributed by atoms with van der Waals surface area (Å²) in [4.78, 5) is 14.9. The summed E-state index contributed by atoms with van der Waals surface area (Å²) in [7, 11) is 1.27. The molecule has 0 amide bonds. The maximum Gasteiger partial charge on any atom is 0.458 e. The first-order valence-electron chi connectivity index (χ1n) is 8.50. The van der Waals surface area contributed by atoms with Crippen molar-refractivity contribution in [3.05, 3.63) is 42.2 Å². The molecule has 10 heteroatoms. The van der Waals surface area contributed by atoms with E-state index >= 15 is 0 Å². The van der Waals surface area contributed by atoms with E-state index in [-0.39, 0.29) is 19.0 Å². The third kappa shape index (κ3) is 5.48. The third-order valence-electron chi connectivity index (χ3n) is 4.20. The summed E-state index contributed by atoms with van der Waals surface area (Å²) in [5.41, 5.74) is 0.377. The fraction of sp³-hybridized carbons (Fsp3) is 0.556. The molecule has 0 aromatic carbocycles. The van der Waals surface area contributed by atoms with Gasteiger partial charge in [-0.15, -0.1) is 0 Å². The molecule has 1 aromatic heterocycles. The summed E-state index contributed by atoms with van der Waals surface area (Å²) in [6.45, 7) is -0.350. The fourth-order valence-electron chi connectivity index (χ4n) is 2.68. The highest BCUT2D eigenvalue weighted by molar-refractivity contribution is 5.69. The molecule has 0 spiro atoms. The number of rotatable bonds is 7. The number of pyridine rings is 1. The maximum absolute atomic E-state index is 13.6. The average molecular weight is 409 g/mol. The number of hydrogen-bond acceptors (Lipinski definition) is 5. The van der Waals surface area contributed by atoms with Crippen LogP contribution in [0.3, 0.4) is 0 Å². The van der Waals surface area contributed by atoms with Gasteiger partial charge in [-0.2, -0.15) is 22.0 Å². The Morgan fingerprint density at radius 1 is 1.32 bits per heavy atom. The van der Waals surface area contributed by atoms with Crippen LogP contribution in [0, 0.1) is 5.92 Å². The first-order valence-corrected chi connectivity index (χ1v) is 8.50. The minimum Gasteiger partial charge on any atom is -0.469 e. The molecule has 28 heavy (non-hydrogen) atoms. The van der Waals surface area contributed by atoms with Crippen LogP contribution >= 0.6 is 0 Å². The van der Waals surface area contributed by atoms with E-state index in [0.717, 1.165) is 0 Å². The van der Waals surface area contributed by atoms with Gasteiger partial charge in [0.25, 0.3) is 0 Å². The summed E-state index contributed by atoms with van der Waals surface area (Å²) < 4.78 is 79.5. The fourth-order valence-corrected chi connectivity index (χ4v) is 2.68. The van der Waals surface area contributed by atoms with E-state index in [2.05, 4.69) is 9.72 Å². The van der Waals surface area contributed by atoms with Crippen molar-refractivity contribution in [2.45, 2.75) is 43.8 Å². The molecular formula is C18H20F5NO4. The molecule has 156 valence electrons. The Morgan fingerprint density at radius 2 is 2.07 bits per heavy atom. The molecule has 2 heterocycles. The highest BCUT2D eigenvalue weighted by Crippen LogP contribution is 2.45. The van der Waals surface area contributed by atoms with E-state index in [9.17, 15) is 26.7 Å². The molecule has 0 N–H and O–H groups in total. The number of methoxy groups -OCH3 is 1. The van der Waals surface area contributed by atoms with Crippen LogP contribution in [0.25, 0.3) is 0 Å². The molecule has 0 bridgehead atoms. The lowest BCUT2D eigenvalue weighted by molar-refractivity contribution is -0.390. The van der Waals surface area contributed by atoms with Crippen LogP contribution in [-0.2, 0) is 19.0 Å². The quantitative estimate of drug-likeness (QED) is 0.384. The Balaban J connectivity index is 2.09. The third-order valence-corrected chi connectivity index (χ3v) is 4.20. The van der Waals surface area contributed by atoms with Crippen LogP contribution in [0.1, 0.15) is 30.9 Å². The number of hydrogen-bond donors (Lipinski definition) is 0. The van der Waals surface area contributed by atoms with Gasteiger partial charge < -0.3 is 14.2 Å². The Hall–Kier alpha value is -2.07. The van der Waals surface area contributed by atoms with Crippen LogP contribution in [0.2, 0.25) is 0 Å². The second-order valence-corrected chi connectivity index (χ2v) is 6.21. The zero-order valence-electron chi connectivity index (χ0n) is 15.0. The van der Waals surface area contributed by atoms with Crippen molar-refractivity contribution < 1.29 is 41.0 Å². The van der Waals surface area contributed by atoms with Gasteiger partial charge in [-0.05, 0) is 24.5 Å². The number of carbonyl (C=O) groups is 1. The van der Waals surface area contributed by atoms with E-state index in [1.807, 2.05) is 0 Å². The van der Waals surface area contributed by atoms with Gasteiger partial charge in [0.1, 0.15) is 0 Å². The second kappa shape index (κ2) is 9.42. The normalized spacial score (nSPS) is 23.7. The first kappa shape index (κ1) is 22.2. The van der Waals surface area contributed by atoms with E-state index in [0.29, 0.717) is 18.4 Å². The van der Waals surface area contributed by atoms with Gasteiger partial charge in [-0.25, -0.2) is 0 Å². The number of alkyl halides is 5. The number of ether oxygens (including phenoxy) is 3. The monoisotopic (exact) mass is 409 g/mol. The summed E-state index contributed by atoms with van der Waals surface area (Å²) >= 11 is 0. The smallest absolute Gasteiger partial charge is 0.458 e. The van der Waals surface area contributed by atoms with Crippen LogP contribution in [0.4, 0.5) is 22.0 Å². The van der Waals surface area contributed by atoms with Crippen LogP contribution in [0.5, 0.6) is 0 Å². The molecule has 1 fully saturated rings. The van der Waals surface area contributed by atoms with Crippen molar-refractivity contribution in [2.75, 3.05) is 13.7 Å². The lowest BCUT2D eigenvalue weighted by Gasteiger charge is -2.39. The molecule has 1 saturated heterocycles. The lowest BCUT2D eigenvalue weighted by atomic mass is 9.92. The number of allylic oxidation sites excluding steroid dienone is 2. The zero-order valence-corrected chi connectivity index (χ0v) is 15.0. The minimum atomic E-state index is -5.79. The minimum absolute atomic E-state index is 0.177. The van der Waals surface area contributed by atoms with Crippen molar-refractivity contribution in [1.82, 2.24) is 4.98 Å². The zero-order chi connectivity index (χ0) is 20.8. The van der Waals surface area contributed by atoms with Crippen molar-refractivity contribution in [3.8, 4) is 0 Å². The van der Waals surface area contributed by atoms with E-state index in [1.165, 1.54) is 25.6 Å². The van der Waals surface area contributed by atoms with Gasteiger partial charge in [-0.1, -0.05) is 18.2 Å². The van der Waals surface area contributed by atoms with Crippen LogP contribution in [-0.4, -0.2) is 43.1 Å². The van der Waals surface area contributed by atoms with Gasteiger partial charge in [0, 0.05) is 24.7 Å². The van der Waals surface area contributed by atoms with Gasteiger partial charge in [0.05, 0.1) is 19.8 Å². The first-order chi connectivity index (χ1) is 13.2. The molecule has 1 aromatic rings. The molecule has 0 saturated carbocycles. The summed E-state index contributed by atoms with van der Waals surface area (Å²) in [5.74, 6) is -6.02. The number of nitrogens with zero attached hydrogens (tertiary/aromatic N) is 1. The van der Waals surface area contributed by atoms with Gasteiger partial charge in [-0.3, -0.25) is 9.78 Å². The van der Waals surface area contributed by atoms with E-state index < -0.39 is 30.4 Å². The van der Waals surface area contributed by atoms with Crippen molar-refractivity contribution in [2.24, 2.45) is 5.92 Å². The number of esters is 1. The van der Waals surface area contributed by atoms with Gasteiger partial charge >= 0.3 is 18.1 Å². The molecule has 2 rings (SSSR count). The number of carbonyl (C=O) groups excluding carboxylic acids is 1. The Kier molecular flexibility index (Phi) is 7.48. The van der Waals surface area contributed by atoms with Crippen LogP contribution in [0.15, 0.2) is 36.7 Å². The second-order valence-electron chi connectivity index (χ2n) is 6.21. The molecule has 3 unspecified atom stereocenters. The Morgan fingerprint density at radius 3 is 2.68 bits per heavy atom. The Bertz CT molecular complexity index is 666. The SMILES string of the molecule is COC(=O)CC/C=C\CC1COC(C(F)(F)C(F)(F)F)OC1c1cccnc1. The highest BCUT2D eigenvalue weighted by atomic mass is 19.4. The highest BCUT2D eigenvalue weighted by Gasteiger charge is 2.65. The standard InChI is InChI=1S/C18H20F5NO4/c1-26-14(25)8-4-2-3-6-13-11-27-16(17(19,20)18(21,22)23)28-15(13)12-7-5-9-24-10-12/h2-3,5,7,9-10,13,15-16H,4,6,8,11H2,1H3/b3-2-. The van der Waals surface area contributed by atoms with Gasteiger partial charge in [0.2, 0.25) is 6.29 Å². The largest absolute Gasteiger partial charge is 0.469 e. The van der Waals surface area contributed by atoms with Crippen molar-refractivity contribution in [3.63, 3.8) is 0 Å². The Labute approximate surface area is 158 Å². The summed E-state index contributed by atoms with van der Waals surface area (Å²) in [6.07, 6.45) is -2.49. The molecular weight excluding hydrogens is 389 g/mol. The molecule has 1 aliphatic heterocycles. The molecule has 0 radical (unpaired) electrons. The molecule has 1 aliphatic rings. The lowest BCUT2D eigenvalue weighted by Crippen LogP contribution is -2.53. The number of aromatic nitrogens is 1. The van der Waals surface area contributed by atoms with Crippen molar-refractivity contribution >= 4 is 5.97 Å². The predicted molar refractivity (Wildman–Crippen MR) is 87.3 cm³/mol. The molecule has 3 atom stereocenters. The van der Waals surface area contributed by atoms with E-state index in [1.54, 1.807) is 18.2 Å². The molecule has 0 aliphatic carbocycles. The summed E-state index contributed by atoms with van der Waals surface area (Å²) in [6, 6.07) is 3.08. The van der Waals surface area contributed by atoms with Gasteiger partial charge in [0.15, 0.2) is 0 Å². The average Bonchev–Trinajstić information content (AvgIpc) is 2.67. The number of halogens is 5. The topological polar surface area (TPSA) is 57.7 Å². The summed E-state index contributed by atoms with van der Waals surface area (Å²) in [5, 5.41) is 0. The van der Waals surface area contributed by atoms with Crippen molar-refractivity contribution in [1.29, 1.82) is 0 Å².